The van der Waals surface area contributed by atoms with Gasteiger partial charge < -0.3 is 14.2 Å². The molecule has 2 aromatic carbocycles. The minimum Gasteiger partial charge on any atom is -0.496 e. The van der Waals surface area contributed by atoms with Crippen molar-refractivity contribution >= 4 is 21.9 Å². The Morgan fingerprint density at radius 2 is 1.92 bits per heavy atom. The first-order valence-corrected chi connectivity index (χ1v) is 8.51. The molecule has 0 aromatic heterocycles. The summed E-state index contributed by atoms with van der Waals surface area (Å²) in [5, 5.41) is 0. The molecule has 128 valence electrons. The summed E-state index contributed by atoms with van der Waals surface area (Å²) < 4.78 is 17.0. The van der Waals surface area contributed by atoms with Crippen LogP contribution in [0.25, 0.3) is 0 Å². The number of benzene rings is 2. The van der Waals surface area contributed by atoms with Gasteiger partial charge in [0.05, 0.1) is 25.1 Å². The van der Waals surface area contributed by atoms with Gasteiger partial charge in [-0.15, -0.1) is 0 Å². The lowest BCUT2D eigenvalue weighted by Gasteiger charge is -2.15. The first-order valence-electron chi connectivity index (χ1n) is 7.71. The van der Waals surface area contributed by atoms with Crippen LogP contribution in [-0.4, -0.2) is 20.2 Å². The van der Waals surface area contributed by atoms with Gasteiger partial charge in [-0.1, -0.05) is 25.1 Å². The maximum atomic E-state index is 11.6. The number of carbonyl (C=O) groups excluding carboxylic acids is 1. The number of rotatable bonds is 7. The predicted molar refractivity (Wildman–Crippen MR) is 96.6 cm³/mol. The fourth-order valence-electron chi connectivity index (χ4n) is 2.39. The van der Waals surface area contributed by atoms with E-state index < -0.39 is 0 Å². The number of methoxy groups -OCH3 is 2. The Hall–Kier alpha value is -2.01. The lowest BCUT2D eigenvalue weighted by atomic mass is 10.0. The molecule has 0 aliphatic carbocycles. The van der Waals surface area contributed by atoms with E-state index in [0.717, 1.165) is 27.8 Å². The first-order chi connectivity index (χ1) is 11.6. The van der Waals surface area contributed by atoms with E-state index in [1.54, 1.807) is 7.11 Å². The molecule has 0 amide bonds. The van der Waals surface area contributed by atoms with Crippen molar-refractivity contribution in [2.75, 3.05) is 14.2 Å². The molecule has 4 nitrogen and oxygen atoms in total. The Labute approximate surface area is 150 Å². The molecule has 2 aromatic rings. The number of aryl methyl sites for hydroxylation is 1. The predicted octanol–water partition coefficient (Wildman–Crippen LogP) is 4.31. The van der Waals surface area contributed by atoms with Crippen molar-refractivity contribution in [1.29, 1.82) is 0 Å². The second kappa shape index (κ2) is 8.73. The third kappa shape index (κ3) is 4.51. The van der Waals surface area contributed by atoms with E-state index in [-0.39, 0.29) is 12.4 Å². The van der Waals surface area contributed by atoms with Gasteiger partial charge in [-0.3, -0.25) is 4.79 Å². The number of hydrogen-bond donors (Lipinski definition) is 0. The number of halogens is 1. The number of ether oxygens (including phenoxy) is 3. The molecule has 5 heteroatoms. The van der Waals surface area contributed by atoms with Crippen LogP contribution in [0.4, 0.5) is 0 Å². The van der Waals surface area contributed by atoms with Gasteiger partial charge in [0, 0.05) is 5.56 Å². The molecule has 0 N–H and O–H groups in total. The van der Waals surface area contributed by atoms with Crippen LogP contribution in [-0.2, 0) is 29.0 Å². The van der Waals surface area contributed by atoms with Gasteiger partial charge in [0.25, 0.3) is 0 Å². The molecule has 0 atom stereocenters. The van der Waals surface area contributed by atoms with Crippen molar-refractivity contribution < 1.29 is 19.0 Å². The summed E-state index contributed by atoms with van der Waals surface area (Å²) in [7, 11) is 2.98. The van der Waals surface area contributed by atoms with Gasteiger partial charge in [-0.2, -0.15) is 0 Å². The van der Waals surface area contributed by atoms with Crippen LogP contribution >= 0.6 is 15.9 Å². The number of carbonyl (C=O) groups is 1. The Balaban J connectivity index is 2.23. The second-order valence-corrected chi connectivity index (χ2v) is 6.11. The van der Waals surface area contributed by atoms with Crippen LogP contribution in [0.15, 0.2) is 40.9 Å². The minimum atomic E-state index is -0.294. The van der Waals surface area contributed by atoms with Crippen molar-refractivity contribution in [3.63, 3.8) is 0 Å². The normalized spacial score (nSPS) is 10.3. The number of esters is 1. The summed E-state index contributed by atoms with van der Waals surface area (Å²) in [5.74, 6) is 1.15. The third-order valence-corrected chi connectivity index (χ3v) is 4.41. The second-order valence-electron chi connectivity index (χ2n) is 5.26. The van der Waals surface area contributed by atoms with E-state index in [1.807, 2.05) is 36.4 Å². The monoisotopic (exact) mass is 392 g/mol. The Kier molecular flexibility index (Phi) is 6.67. The molecule has 0 heterocycles. The van der Waals surface area contributed by atoms with Gasteiger partial charge in [0.1, 0.15) is 18.1 Å². The molecule has 0 fully saturated rings. The highest BCUT2D eigenvalue weighted by atomic mass is 79.9. The molecule has 24 heavy (non-hydrogen) atoms. The smallest absolute Gasteiger partial charge is 0.309 e. The molecule has 2 rings (SSSR count). The van der Waals surface area contributed by atoms with Crippen molar-refractivity contribution in [3.05, 3.63) is 57.6 Å². The summed E-state index contributed by atoms with van der Waals surface area (Å²) in [6.45, 7) is 2.41. The highest BCUT2D eigenvalue weighted by molar-refractivity contribution is 9.10. The van der Waals surface area contributed by atoms with Gasteiger partial charge in [-0.05, 0) is 51.7 Å². The summed E-state index contributed by atoms with van der Waals surface area (Å²) in [6.07, 6.45) is 1.15. The molecule has 0 saturated heterocycles. The van der Waals surface area contributed by atoms with E-state index in [9.17, 15) is 4.79 Å². The van der Waals surface area contributed by atoms with Gasteiger partial charge in [0.2, 0.25) is 0 Å². The average Bonchev–Trinajstić information content (AvgIpc) is 2.60. The van der Waals surface area contributed by atoms with Crippen LogP contribution < -0.4 is 9.47 Å². The summed E-state index contributed by atoms with van der Waals surface area (Å²) in [4.78, 5) is 11.6. The standard InChI is InChI=1S/C19H21BrO4/c1-4-13-8-9-18(16(20)10-13)24-12-15-14(11-19(21)23-3)6-5-7-17(15)22-2/h5-10H,4,11-12H2,1-3H3. The lowest BCUT2D eigenvalue weighted by Crippen LogP contribution is -2.09. The van der Waals surface area contributed by atoms with E-state index >= 15 is 0 Å². The molecular weight excluding hydrogens is 372 g/mol. The summed E-state index contributed by atoms with van der Waals surface area (Å²) in [6, 6.07) is 11.6. The first kappa shape index (κ1) is 18.3. The highest BCUT2D eigenvalue weighted by Crippen LogP contribution is 2.29. The molecule has 0 saturated carbocycles. The molecule has 0 radical (unpaired) electrons. The van der Waals surface area contributed by atoms with Crippen molar-refractivity contribution in [3.8, 4) is 11.5 Å². The van der Waals surface area contributed by atoms with Crippen LogP contribution in [0.2, 0.25) is 0 Å². The Morgan fingerprint density at radius 3 is 2.54 bits per heavy atom. The molecule has 0 aliphatic heterocycles. The summed E-state index contributed by atoms with van der Waals surface area (Å²) in [5.41, 5.74) is 2.91. The fraction of sp³-hybridized carbons (Fsp3) is 0.316. The summed E-state index contributed by atoms with van der Waals surface area (Å²) >= 11 is 3.54. The van der Waals surface area contributed by atoms with Crippen molar-refractivity contribution in [1.82, 2.24) is 0 Å². The van der Waals surface area contributed by atoms with E-state index in [1.165, 1.54) is 12.7 Å². The maximum absolute atomic E-state index is 11.6. The van der Waals surface area contributed by atoms with Crippen LogP contribution in [0, 0.1) is 0 Å². The number of hydrogen-bond acceptors (Lipinski definition) is 4. The fourth-order valence-corrected chi connectivity index (χ4v) is 2.93. The van der Waals surface area contributed by atoms with E-state index in [0.29, 0.717) is 12.4 Å². The molecule has 0 aliphatic rings. The van der Waals surface area contributed by atoms with E-state index in [4.69, 9.17) is 14.2 Å². The van der Waals surface area contributed by atoms with Crippen LogP contribution in [0.1, 0.15) is 23.6 Å². The minimum absolute atomic E-state index is 0.183. The van der Waals surface area contributed by atoms with Crippen molar-refractivity contribution in [2.24, 2.45) is 0 Å². The zero-order valence-corrected chi connectivity index (χ0v) is 15.7. The zero-order valence-electron chi connectivity index (χ0n) is 14.1. The van der Waals surface area contributed by atoms with Crippen LogP contribution in [0.5, 0.6) is 11.5 Å². The molecule has 0 unspecified atom stereocenters. The van der Waals surface area contributed by atoms with Gasteiger partial charge in [-0.25, -0.2) is 0 Å². The molecule has 0 spiro atoms. The molecular formula is C19H21BrO4. The largest absolute Gasteiger partial charge is 0.496 e. The van der Waals surface area contributed by atoms with Gasteiger partial charge in [0.15, 0.2) is 0 Å². The quantitative estimate of drug-likeness (QED) is 0.658. The SMILES string of the molecule is CCc1ccc(OCc2c(CC(=O)OC)cccc2OC)c(Br)c1. The topological polar surface area (TPSA) is 44.8 Å². The molecule has 0 bridgehead atoms. The lowest BCUT2D eigenvalue weighted by molar-refractivity contribution is -0.139. The average molecular weight is 393 g/mol. The Bertz CT molecular complexity index is 713. The highest BCUT2D eigenvalue weighted by Gasteiger charge is 2.14. The van der Waals surface area contributed by atoms with E-state index in [2.05, 4.69) is 22.9 Å². The zero-order chi connectivity index (χ0) is 17.5. The Morgan fingerprint density at radius 1 is 1.12 bits per heavy atom. The maximum Gasteiger partial charge on any atom is 0.309 e. The van der Waals surface area contributed by atoms with Crippen LogP contribution in [0.3, 0.4) is 0 Å². The van der Waals surface area contributed by atoms with Crippen molar-refractivity contribution in [2.45, 2.75) is 26.4 Å². The third-order valence-electron chi connectivity index (χ3n) is 3.79. The van der Waals surface area contributed by atoms with Gasteiger partial charge >= 0.3 is 5.97 Å².